The highest BCUT2D eigenvalue weighted by atomic mass is 32.2. The Morgan fingerprint density at radius 2 is 1.55 bits per heavy atom. The largest absolute Gasteiger partial charge is 0.451 e. The minimum Gasteiger partial charge on any atom is -0.451 e. The first-order chi connectivity index (χ1) is 14.7. The number of hydrogen-bond donors (Lipinski definition) is 1. The van der Waals surface area contributed by atoms with Gasteiger partial charge in [-0.3, -0.25) is 9.52 Å². The fourth-order valence-electron chi connectivity index (χ4n) is 2.80. The Balaban J connectivity index is 1.79. The van der Waals surface area contributed by atoms with Crippen LogP contribution < -0.4 is 4.72 Å². The number of ether oxygens (including phenoxy) is 1. The van der Waals surface area contributed by atoms with Crippen LogP contribution in [0.2, 0.25) is 0 Å². The number of carbonyl (C=O) groups is 2. The lowest BCUT2D eigenvalue weighted by molar-refractivity contribution is 0.0320. The van der Waals surface area contributed by atoms with Gasteiger partial charge < -0.3 is 4.74 Å². The first-order valence-corrected chi connectivity index (χ1v) is 10.8. The summed E-state index contributed by atoms with van der Waals surface area (Å²) >= 11 is 0. The van der Waals surface area contributed by atoms with E-state index in [-0.39, 0.29) is 21.9 Å². The van der Waals surface area contributed by atoms with E-state index in [2.05, 4.69) is 4.72 Å². The zero-order valence-corrected chi connectivity index (χ0v) is 17.6. The lowest BCUT2D eigenvalue weighted by atomic mass is 10.1. The number of benzene rings is 3. The maximum absolute atomic E-state index is 13.1. The quantitative estimate of drug-likeness (QED) is 0.435. The van der Waals surface area contributed by atoms with Crippen molar-refractivity contribution < 1.29 is 27.1 Å². The topological polar surface area (TPSA) is 89.5 Å². The number of rotatable bonds is 7. The van der Waals surface area contributed by atoms with Gasteiger partial charge >= 0.3 is 5.97 Å². The van der Waals surface area contributed by atoms with Crippen molar-refractivity contribution in [2.24, 2.45) is 0 Å². The Morgan fingerprint density at radius 3 is 2.19 bits per heavy atom. The molecule has 0 aliphatic rings. The van der Waals surface area contributed by atoms with Crippen LogP contribution in [-0.4, -0.2) is 26.3 Å². The van der Waals surface area contributed by atoms with E-state index in [4.69, 9.17) is 4.74 Å². The van der Waals surface area contributed by atoms with Crippen molar-refractivity contribution in [3.8, 4) is 0 Å². The second-order valence-electron chi connectivity index (χ2n) is 6.88. The fraction of sp³-hybridized carbons (Fsp3) is 0.130. The van der Waals surface area contributed by atoms with Crippen LogP contribution in [0.25, 0.3) is 0 Å². The van der Waals surface area contributed by atoms with Crippen molar-refractivity contribution in [3.63, 3.8) is 0 Å². The Morgan fingerprint density at radius 1 is 0.935 bits per heavy atom. The van der Waals surface area contributed by atoms with Crippen LogP contribution in [0.1, 0.15) is 33.2 Å². The van der Waals surface area contributed by atoms with Crippen molar-refractivity contribution in [1.82, 2.24) is 0 Å². The number of nitrogens with one attached hydrogen (secondary N) is 1. The second-order valence-corrected chi connectivity index (χ2v) is 8.57. The van der Waals surface area contributed by atoms with Crippen LogP contribution in [0.15, 0.2) is 77.7 Å². The number of aryl methyl sites for hydroxylation is 1. The molecule has 0 saturated heterocycles. The Hall–Kier alpha value is -3.52. The van der Waals surface area contributed by atoms with E-state index in [1.807, 2.05) is 6.92 Å². The number of para-hydroxylation sites is 1. The molecule has 0 amide bonds. The fourth-order valence-corrected chi connectivity index (χ4v) is 3.88. The van der Waals surface area contributed by atoms with Crippen LogP contribution in [0.5, 0.6) is 0 Å². The SMILES string of the molecule is Cc1ccc(C(=O)C(C)OC(=O)c2ccccc2NS(=O)(=O)c2ccc(F)cc2)cc1. The standard InChI is InChI=1S/C23H20FNO5S/c1-15-7-9-17(10-8-15)22(26)16(2)30-23(27)20-5-3-4-6-21(20)25-31(28,29)19-13-11-18(24)12-14-19/h3-14,16,25H,1-2H3. The Bertz CT molecular complexity index is 1210. The van der Waals surface area contributed by atoms with E-state index in [1.165, 1.54) is 19.1 Å². The number of Topliss-reactive ketones (excluding diaryl/α,β-unsaturated/α-hetero) is 1. The van der Waals surface area contributed by atoms with Gasteiger partial charge in [-0.25, -0.2) is 17.6 Å². The number of hydrogen-bond acceptors (Lipinski definition) is 5. The zero-order valence-electron chi connectivity index (χ0n) is 16.8. The Labute approximate surface area is 179 Å². The van der Waals surface area contributed by atoms with Gasteiger partial charge in [0.2, 0.25) is 5.78 Å². The van der Waals surface area contributed by atoms with Crippen molar-refractivity contribution in [3.05, 3.63) is 95.3 Å². The lowest BCUT2D eigenvalue weighted by Gasteiger charge is -2.15. The van der Waals surface area contributed by atoms with Crippen LogP contribution in [0.4, 0.5) is 10.1 Å². The molecule has 6 nitrogen and oxygen atoms in total. The van der Waals surface area contributed by atoms with E-state index < -0.39 is 27.9 Å². The van der Waals surface area contributed by atoms with Crippen molar-refractivity contribution >= 4 is 27.5 Å². The minimum atomic E-state index is -4.07. The molecule has 0 aliphatic heterocycles. The van der Waals surface area contributed by atoms with Crippen molar-refractivity contribution in [1.29, 1.82) is 0 Å². The summed E-state index contributed by atoms with van der Waals surface area (Å²) in [6, 6.07) is 17.0. The van der Waals surface area contributed by atoms with E-state index in [0.29, 0.717) is 5.56 Å². The normalized spacial score (nSPS) is 12.1. The molecule has 0 heterocycles. The highest BCUT2D eigenvalue weighted by Crippen LogP contribution is 2.22. The van der Waals surface area contributed by atoms with Gasteiger partial charge in [0.05, 0.1) is 16.1 Å². The highest BCUT2D eigenvalue weighted by molar-refractivity contribution is 7.92. The predicted molar refractivity (Wildman–Crippen MR) is 114 cm³/mol. The van der Waals surface area contributed by atoms with Gasteiger partial charge in [-0.05, 0) is 50.2 Å². The Kier molecular flexibility index (Phi) is 6.50. The third-order valence-electron chi connectivity index (χ3n) is 4.50. The van der Waals surface area contributed by atoms with Crippen LogP contribution >= 0.6 is 0 Å². The molecule has 0 aliphatic carbocycles. The summed E-state index contributed by atoms with van der Waals surface area (Å²) in [5.41, 5.74) is 1.31. The number of esters is 1. The second kappa shape index (κ2) is 9.09. The van der Waals surface area contributed by atoms with Crippen LogP contribution in [-0.2, 0) is 14.8 Å². The molecular weight excluding hydrogens is 421 g/mol. The molecule has 0 saturated carbocycles. The number of halogens is 1. The van der Waals surface area contributed by atoms with E-state index in [1.54, 1.807) is 36.4 Å². The summed E-state index contributed by atoms with van der Waals surface area (Å²) < 4.78 is 45.9. The van der Waals surface area contributed by atoms with Gasteiger partial charge in [0.15, 0.2) is 6.10 Å². The molecule has 3 rings (SSSR count). The van der Waals surface area contributed by atoms with E-state index in [9.17, 15) is 22.4 Å². The maximum atomic E-state index is 13.1. The third-order valence-corrected chi connectivity index (χ3v) is 5.89. The summed E-state index contributed by atoms with van der Waals surface area (Å²) in [7, 11) is -4.07. The van der Waals surface area contributed by atoms with Crippen LogP contribution in [0, 0.1) is 12.7 Å². The van der Waals surface area contributed by atoms with Gasteiger partial charge in [-0.15, -0.1) is 0 Å². The molecule has 0 bridgehead atoms. The molecule has 1 atom stereocenters. The van der Waals surface area contributed by atoms with Crippen molar-refractivity contribution in [2.45, 2.75) is 24.8 Å². The molecule has 0 fully saturated rings. The molecule has 1 unspecified atom stereocenters. The molecular formula is C23H20FNO5S. The summed E-state index contributed by atoms with van der Waals surface area (Å²) in [5, 5.41) is 0. The first-order valence-electron chi connectivity index (χ1n) is 9.36. The maximum Gasteiger partial charge on any atom is 0.340 e. The summed E-state index contributed by atoms with van der Waals surface area (Å²) in [6.07, 6.45) is -1.07. The molecule has 1 N–H and O–H groups in total. The smallest absolute Gasteiger partial charge is 0.340 e. The van der Waals surface area contributed by atoms with E-state index >= 15 is 0 Å². The molecule has 0 radical (unpaired) electrons. The number of carbonyl (C=O) groups excluding carboxylic acids is 2. The number of ketones is 1. The summed E-state index contributed by atoms with van der Waals surface area (Å²) in [4.78, 5) is 25.0. The molecule has 3 aromatic carbocycles. The highest BCUT2D eigenvalue weighted by Gasteiger charge is 2.24. The molecule has 0 aromatic heterocycles. The summed E-state index contributed by atoms with van der Waals surface area (Å²) in [5.74, 6) is -1.81. The lowest BCUT2D eigenvalue weighted by Crippen LogP contribution is -2.25. The van der Waals surface area contributed by atoms with Gasteiger partial charge in [0.25, 0.3) is 10.0 Å². The van der Waals surface area contributed by atoms with Gasteiger partial charge in [0.1, 0.15) is 5.82 Å². The average Bonchev–Trinajstić information content (AvgIpc) is 2.74. The van der Waals surface area contributed by atoms with Gasteiger partial charge in [0, 0.05) is 5.56 Å². The third kappa shape index (κ3) is 5.35. The monoisotopic (exact) mass is 441 g/mol. The first kappa shape index (κ1) is 22.2. The number of sulfonamides is 1. The average molecular weight is 441 g/mol. The zero-order chi connectivity index (χ0) is 22.6. The summed E-state index contributed by atoms with van der Waals surface area (Å²) in [6.45, 7) is 3.34. The molecule has 8 heteroatoms. The minimum absolute atomic E-state index is 0.0215. The predicted octanol–water partition coefficient (Wildman–Crippen LogP) is 4.36. The van der Waals surface area contributed by atoms with Gasteiger partial charge in [-0.1, -0.05) is 42.0 Å². The van der Waals surface area contributed by atoms with Crippen molar-refractivity contribution in [2.75, 3.05) is 4.72 Å². The van der Waals surface area contributed by atoms with E-state index in [0.717, 1.165) is 29.8 Å². The van der Waals surface area contributed by atoms with Gasteiger partial charge in [-0.2, -0.15) is 0 Å². The number of anilines is 1. The molecule has 3 aromatic rings. The molecule has 0 spiro atoms. The molecule has 160 valence electrons. The molecule has 31 heavy (non-hydrogen) atoms. The van der Waals surface area contributed by atoms with Crippen LogP contribution in [0.3, 0.4) is 0 Å².